The Hall–Kier alpha value is -1.45. The van der Waals surface area contributed by atoms with Gasteiger partial charge in [-0.05, 0) is 42.2 Å². The fourth-order valence-electron chi connectivity index (χ4n) is 3.32. The van der Waals surface area contributed by atoms with E-state index < -0.39 is 11.1 Å². The summed E-state index contributed by atoms with van der Waals surface area (Å²) in [5, 5.41) is -0.0704. The SMILES string of the molecule is O=S(O)C1CC(Cc2ccccc2)C1Cc1ccccc1. The van der Waals surface area contributed by atoms with Crippen LogP contribution >= 0.6 is 0 Å². The molecule has 2 aromatic carbocycles. The molecule has 1 fully saturated rings. The molecule has 0 saturated heterocycles. The third-order valence-electron chi connectivity index (χ3n) is 4.53. The predicted octanol–water partition coefficient (Wildman–Crippen LogP) is 3.70. The summed E-state index contributed by atoms with van der Waals surface area (Å²) in [4.78, 5) is 0. The van der Waals surface area contributed by atoms with Crippen LogP contribution in [0.2, 0.25) is 0 Å². The van der Waals surface area contributed by atoms with Crippen LogP contribution in [0.3, 0.4) is 0 Å². The molecule has 1 saturated carbocycles. The van der Waals surface area contributed by atoms with Crippen molar-refractivity contribution in [2.45, 2.75) is 24.5 Å². The van der Waals surface area contributed by atoms with Gasteiger partial charge in [-0.3, -0.25) is 0 Å². The molecule has 1 N–H and O–H groups in total. The standard InChI is InChI=1S/C18H20O2S/c19-21(20)18-13-16(11-14-7-3-1-4-8-14)17(18)12-15-9-5-2-6-10-15/h1-10,16-18H,11-13H2,(H,19,20). The van der Waals surface area contributed by atoms with Gasteiger partial charge in [0.05, 0.1) is 5.25 Å². The Balaban J connectivity index is 1.71. The lowest BCUT2D eigenvalue weighted by molar-refractivity contribution is 0.177. The highest BCUT2D eigenvalue weighted by molar-refractivity contribution is 7.80. The van der Waals surface area contributed by atoms with Crippen LogP contribution in [0.5, 0.6) is 0 Å². The van der Waals surface area contributed by atoms with E-state index in [2.05, 4.69) is 36.4 Å². The molecule has 0 spiro atoms. The Bertz CT molecular complexity index is 597. The van der Waals surface area contributed by atoms with E-state index in [1.165, 1.54) is 11.1 Å². The van der Waals surface area contributed by atoms with Crippen molar-refractivity contribution in [1.29, 1.82) is 0 Å². The summed E-state index contributed by atoms with van der Waals surface area (Å²) in [6.45, 7) is 0. The summed E-state index contributed by atoms with van der Waals surface area (Å²) in [6, 6.07) is 20.7. The number of hydrogen-bond acceptors (Lipinski definition) is 1. The zero-order chi connectivity index (χ0) is 14.7. The molecule has 0 amide bonds. The van der Waals surface area contributed by atoms with Crippen LogP contribution in [0.25, 0.3) is 0 Å². The van der Waals surface area contributed by atoms with E-state index in [1.54, 1.807) is 0 Å². The van der Waals surface area contributed by atoms with E-state index in [-0.39, 0.29) is 5.25 Å². The maximum absolute atomic E-state index is 11.5. The topological polar surface area (TPSA) is 37.3 Å². The van der Waals surface area contributed by atoms with Crippen molar-refractivity contribution in [3.63, 3.8) is 0 Å². The van der Waals surface area contributed by atoms with Crippen LogP contribution in [-0.2, 0) is 23.9 Å². The maximum Gasteiger partial charge on any atom is 0.156 e. The van der Waals surface area contributed by atoms with E-state index in [0.29, 0.717) is 11.8 Å². The zero-order valence-corrected chi connectivity index (χ0v) is 12.7. The monoisotopic (exact) mass is 300 g/mol. The average Bonchev–Trinajstić information content (AvgIpc) is 2.50. The maximum atomic E-state index is 11.5. The smallest absolute Gasteiger partial charge is 0.156 e. The van der Waals surface area contributed by atoms with Crippen LogP contribution in [0.4, 0.5) is 0 Å². The Morgan fingerprint density at radius 1 is 0.905 bits per heavy atom. The quantitative estimate of drug-likeness (QED) is 0.855. The molecule has 0 heterocycles. The van der Waals surface area contributed by atoms with E-state index in [0.717, 1.165) is 19.3 Å². The Morgan fingerprint density at radius 3 is 1.95 bits per heavy atom. The van der Waals surface area contributed by atoms with Crippen LogP contribution in [-0.4, -0.2) is 14.0 Å². The van der Waals surface area contributed by atoms with Gasteiger partial charge in [0.25, 0.3) is 0 Å². The minimum absolute atomic E-state index is 0.0704. The molecule has 0 aromatic heterocycles. The fraction of sp³-hybridized carbons (Fsp3) is 0.333. The number of benzene rings is 2. The molecule has 0 radical (unpaired) electrons. The summed E-state index contributed by atoms with van der Waals surface area (Å²) >= 11 is -1.71. The molecule has 1 aliphatic rings. The van der Waals surface area contributed by atoms with Crippen LogP contribution in [0.1, 0.15) is 17.5 Å². The molecule has 2 nitrogen and oxygen atoms in total. The van der Waals surface area contributed by atoms with Crippen molar-refractivity contribution in [3.05, 3.63) is 71.8 Å². The molecule has 0 bridgehead atoms. The highest BCUT2D eigenvalue weighted by Gasteiger charge is 2.43. The Kier molecular flexibility index (Phi) is 4.51. The zero-order valence-electron chi connectivity index (χ0n) is 11.9. The van der Waals surface area contributed by atoms with Gasteiger partial charge in [0.2, 0.25) is 0 Å². The van der Waals surface area contributed by atoms with Crippen molar-refractivity contribution < 1.29 is 8.76 Å². The van der Waals surface area contributed by atoms with Crippen LogP contribution in [0, 0.1) is 11.8 Å². The molecule has 0 aliphatic heterocycles. The third-order valence-corrected chi connectivity index (χ3v) is 5.59. The lowest BCUT2D eigenvalue weighted by atomic mass is 9.67. The van der Waals surface area contributed by atoms with Gasteiger partial charge in [0.1, 0.15) is 0 Å². The van der Waals surface area contributed by atoms with E-state index >= 15 is 0 Å². The summed E-state index contributed by atoms with van der Waals surface area (Å²) < 4.78 is 21.0. The van der Waals surface area contributed by atoms with Gasteiger partial charge in [-0.2, -0.15) is 0 Å². The van der Waals surface area contributed by atoms with Gasteiger partial charge >= 0.3 is 0 Å². The molecule has 1 aliphatic carbocycles. The minimum Gasteiger partial charge on any atom is -0.306 e. The summed E-state index contributed by atoms with van der Waals surface area (Å²) in [7, 11) is 0. The number of hydrogen-bond donors (Lipinski definition) is 1. The summed E-state index contributed by atoms with van der Waals surface area (Å²) in [5.74, 6) is 0.812. The Labute approximate surface area is 128 Å². The molecule has 2 aromatic rings. The van der Waals surface area contributed by atoms with E-state index in [1.807, 2.05) is 24.3 Å². The first-order valence-corrected chi connectivity index (χ1v) is 8.58. The molecule has 4 atom stereocenters. The van der Waals surface area contributed by atoms with Crippen LogP contribution < -0.4 is 0 Å². The second kappa shape index (κ2) is 6.54. The van der Waals surface area contributed by atoms with Gasteiger partial charge in [0, 0.05) is 0 Å². The first-order chi connectivity index (χ1) is 10.2. The van der Waals surface area contributed by atoms with Gasteiger partial charge in [-0.25, -0.2) is 4.21 Å². The van der Waals surface area contributed by atoms with Crippen molar-refractivity contribution in [2.24, 2.45) is 11.8 Å². The summed E-state index contributed by atoms with van der Waals surface area (Å²) in [5.41, 5.74) is 2.58. The first-order valence-electron chi connectivity index (χ1n) is 7.41. The lowest BCUT2D eigenvalue weighted by Crippen LogP contribution is -2.46. The van der Waals surface area contributed by atoms with Crippen molar-refractivity contribution in [2.75, 3.05) is 0 Å². The molecule has 3 rings (SSSR count). The highest BCUT2D eigenvalue weighted by Crippen LogP contribution is 2.42. The average molecular weight is 300 g/mol. The van der Waals surface area contributed by atoms with Crippen molar-refractivity contribution >= 4 is 11.1 Å². The lowest BCUT2D eigenvalue weighted by Gasteiger charge is -2.43. The van der Waals surface area contributed by atoms with Crippen LogP contribution in [0.15, 0.2) is 60.7 Å². The first kappa shape index (κ1) is 14.5. The van der Waals surface area contributed by atoms with Gasteiger partial charge < -0.3 is 4.55 Å². The summed E-state index contributed by atoms with van der Waals surface area (Å²) in [6.07, 6.45) is 2.76. The van der Waals surface area contributed by atoms with Crippen molar-refractivity contribution in [3.8, 4) is 0 Å². The molecule has 110 valence electrons. The van der Waals surface area contributed by atoms with Gasteiger partial charge in [0.15, 0.2) is 11.1 Å². The third kappa shape index (κ3) is 3.42. The van der Waals surface area contributed by atoms with E-state index in [9.17, 15) is 8.76 Å². The normalized spacial score (nSPS) is 26.0. The molecule has 4 unspecified atom stereocenters. The fourth-order valence-corrected chi connectivity index (χ4v) is 4.35. The molecular formula is C18H20O2S. The van der Waals surface area contributed by atoms with Crippen molar-refractivity contribution in [1.82, 2.24) is 0 Å². The largest absolute Gasteiger partial charge is 0.306 e. The molecular weight excluding hydrogens is 280 g/mol. The number of rotatable bonds is 5. The van der Waals surface area contributed by atoms with E-state index in [4.69, 9.17) is 0 Å². The Morgan fingerprint density at radius 2 is 1.43 bits per heavy atom. The van der Waals surface area contributed by atoms with Gasteiger partial charge in [-0.15, -0.1) is 0 Å². The predicted molar refractivity (Wildman–Crippen MR) is 86.4 cm³/mol. The second-order valence-electron chi connectivity index (χ2n) is 5.85. The highest BCUT2D eigenvalue weighted by atomic mass is 32.2. The minimum atomic E-state index is -1.71. The molecule has 21 heavy (non-hydrogen) atoms. The second-order valence-corrected chi connectivity index (χ2v) is 7.01. The van der Waals surface area contributed by atoms with Gasteiger partial charge in [-0.1, -0.05) is 60.7 Å². The molecule has 3 heteroatoms.